The number of carbonyl (C=O) groups excluding carboxylic acids is 2. The maximum atomic E-state index is 13.2. The molecule has 3 aromatic carbocycles. The van der Waals surface area contributed by atoms with Gasteiger partial charge in [0.2, 0.25) is 5.88 Å². The molecule has 1 fully saturated rings. The van der Waals surface area contributed by atoms with Crippen LogP contribution in [0, 0.1) is 0 Å². The van der Waals surface area contributed by atoms with Crippen molar-refractivity contribution in [2.75, 3.05) is 11.4 Å². The minimum Gasteiger partial charge on any atom is -0.464 e. The van der Waals surface area contributed by atoms with Crippen molar-refractivity contribution in [3.63, 3.8) is 0 Å². The Morgan fingerprint density at radius 3 is 2.64 bits per heavy atom. The lowest BCUT2D eigenvalue weighted by atomic mass is 10.0. The van der Waals surface area contributed by atoms with E-state index in [-0.39, 0.29) is 11.5 Å². The molecule has 2 N–H and O–H groups in total. The van der Waals surface area contributed by atoms with Gasteiger partial charge in [0.1, 0.15) is 0 Å². The summed E-state index contributed by atoms with van der Waals surface area (Å²) in [5.41, 5.74) is 8.71. The molecule has 164 valence electrons. The van der Waals surface area contributed by atoms with Crippen LogP contribution in [0.3, 0.4) is 0 Å². The molecule has 4 aromatic rings. The van der Waals surface area contributed by atoms with Crippen molar-refractivity contribution >= 4 is 40.0 Å². The molecule has 1 saturated heterocycles. The predicted octanol–water partition coefficient (Wildman–Crippen LogP) is 4.84. The van der Waals surface area contributed by atoms with Crippen LogP contribution in [0.25, 0.3) is 22.0 Å². The summed E-state index contributed by atoms with van der Waals surface area (Å²) >= 11 is 6.31. The number of anilines is 1. The number of nitrogens with two attached hydrogens (primary N) is 1. The topological polar surface area (TPSA) is 85.5 Å². The third-order valence-corrected chi connectivity index (χ3v) is 6.06. The molecule has 5 rings (SSSR count). The largest absolute Gasteiger partial charge is 0.464 e. The number of nitrogens with zero attached hydrogens (tertiary/aromatic N) is 2. The number of carbonyl (C=O) groups is 2. The van der Waals surface area contributed by atoms with Gasteiger partial charge in [-0.3, -0.25) is 9.59 Å². The highest BCUT2D eigenvalue weighted by atomic mass is 35.5. The van der Waals surface area contributed by atoms with Gasteiger partial charge in [0.05, 0.1) is 16.8 Å². The summed E-state index contributed by atoms with van der Waals surface area (Å²) in [5.74, 6) is -0.469. The first kappa shape index (κ1) is 21.0. The number of pyridine rings is 1. The van der Waals surface area contributed by atoms with Gasteiger partial charge in [0.15, 0.2) is 6.10 Å². The van der Waals surface area contributed by atoms with Crippen molar-refractivity contribution in [2.45, 2.75) is 12.5 Å². The molecule has 1 aliphatic heterocycles. The zero-order valence-corrected chi connectivity index (χ0v) is 18.3. The Morgan fingerprint density at radius 1 is 1.03 bits per heavy atom. The number of halogens is 1. The Balaban J connectivity index is 1.41. The molecule has 0 unspecified atom stereocenters. The molecular weight excluding hydrogens is 438 g/mol. The Labute approximate surface area is 195 Å². The standard InChI is InChI=1S/C26H20ClN3O3/c27-20-7-3-2-6-18(20)17-9-11-22(19(15-17)25(28)31)30-14-13-23(26(30)32)33-24-12-10-16-5-1-4-8-21(16)29-24/h1-12,15,23H,13-14H2,(H2,28,31)/t23-/m0/s1. The molecule has 33 heavy (non-hydrogen) atoms. The van der Waals surface area contributed by atoms with Crippen molar-refractivity contribution < 1.29 is 14.3 Å². The van der Waals surface area contributed by atoms with Crippen LogP contribution in [0.4, 0.5) is 5.69 Å². The SMILES string of the molecule is NC(=O)c1cc(-c2ccccc2Cl)ccc1N1CC[C@H](Oc2ccc3ccccc3n2)C1=O. The lowest BCUT2D eigenvalue weighted by molar-refractivity contribution is -0.123. The highest BCUT2D eigenvalue weighted by Gasteiger charge is 2.36. The van der Waals surface area contributed by atoms with E-state index < -0.39 is 12.0 Å². The summed E-state index contributed by atoms with van der Waals surface area (Å²) in [7, 11) is 0. The summed E-state index contributed by atoms with van der Waals surface area (Å²) in [4.78, 5) is 31.5. The second kappa shape index (κ2) is 8.56. The number of hydrogen-bond acceptors (Lipinski definition) is 4. The summed E-state index contributed by atoms with van der Waals surface area (Å²) in [6, 6.07) is 23.9. The number of hydrogen-bond donors (Lipinski definition) is 1. The molecule has 2 amide bonds. The zero-order valence-electron chi connectivity index (χ0n) is 17.6. The van der Waals surface area contributed by atoms with Crippen molar-refractivity contribution in [1.82, 2.24) is 4.98 Å². The molecule has 1 aliphatic rings. The van der Waals surface area contributed by atoms with E-state index in [1.165, 1.54) is 0 Å². The third kappa shape index (κ3) is 4.01. The highest BCUT2D eigenvalue weighted by Crippen LogP contribution is 2.33. The van der Waals surface area contributed by atoms with Crippen molar-refractivity contribution in [3.8, 4) is 17.0 Å². The average molecular weight is 458 g/mol. The van der Waals surface area contributed by atoms with Gasteiger partial charge in [-0.05, 0) is 35.9 Å². The summed E-state index contributed by atoms with van der Waals surface area (Å²) in [6.45, 7) is 0.406. The van der Waals surface area contributed by atoms with Crippen molar-refractivity contribution in [1.29, 1.82) is 0 Å². The fraction of sp³-hybridized carbons (Fsp3) is 0.115. The maximum absolute atomic E-state index is 13.2. The van der Waals surface area contributed by atoms with E-state index in [1.54, 1.807) is 29.2 Å². The number of para-hydroxylation sites is 1. The van der Waals surface area contributed by atoms with E-state index in [9.17, 15) is 9.59 Å². The van der Waals surface area contributed by atoms with Gasteiger partial charge in [-0.2, -0.15) is 0 Å². The van der Waals surface area contributed by atoms with Gasteiger partial charge in [-0.15, -0.1) is 0 Å². The number of fused-ring (bicyclic) bond motifs is 1. The quantitative estimate of drug-likeness (QED) is 0.464. The van der Waals surface area contributed by atoms with E-state index in [1.807, 2.05) is 54.6 Å². The number of amides is 2. The van der Waals surface area contributed by atoms with Gasteiger partial charge >= 0.3 is 0 Å². The Bertz CT molecular complexity index is 1390. The molecule has 7 heteroatoms. The van der Waals surface area contributed by atoms with Crippen LogP contribution >= 0.6 is 11.6 Å². The van der Waals surface area contributed by atoms with E-state index in [2.05, 4.69) is 4.98 Å². The van der Waals surface area contributed by atoms with Gasteiger partial charge in [0.25, 0.3) is 11.8 Å². The average Bonchev–Trinajstić information content (AvgIpc) is 3.18. The smallest absolute Gasteiger partial charge is 0.268 e. The first-order chi connectivity index (χ1) is 16.0. The number of rotatable bonds is 5. The van der Waals surface area contributed by atoms with Crippen molar-refractivity contribution in [3.05, 3.63) is 89.4 Å². The molecule has 6 nitrogen and oxygen atoms in total. The number of primary amides is 1. The molecule has 2 heterocycles. The first-order valence-electron chi connectivity index (χ1n) is 10.5. The Morgan fingerprint density at radius 2 is 1.82 bits per heavy atom. The monoisotopic (exact) mass is 457 g/mol. The fourth-order valence-corrected chi connectivity index (χ4v) is 4.34. The first-order valence-corrected chi connectivity index (χ1v) is 10.9. The third-order valence-electron chi connectivity index (χ3n) is 5.73. The molecule has 1 aromatic heterocycles. The molecule has 0 saturated carbocycles. The van der Waals surface area contributed by atoms with Crippen LogP contribution in [0.5, 0.6) is 5.88 Å². The van der Waals surface area contributed by atoms with Gasteiger partial charge in [-0.25, -0.2) is 4.98 Å². The molecule has 1 atom stereocenters. The van der Waals surface area contributed by atoms with Crippen LogP contribution in [0.15, 0.2) is 78.9 Å². The minimum atomic E-state index is -0.692. The Hall–Kier alpha value is -3.90. The Kier molecular flexibility index (Phi) is 5.44. The zero-order chi connectivity index (χ0) is 22.9. The second-order valence-electron chi connectivity index (χ2n) is 7.80. The summed E-state index contributed by atoms with van der Waals surface area (Å²) in [5, 5.41) is 1.56. The van der Waals surface area contributed by atoms with E-state index >= 15 is 0 Å². The number of aromatic nitrogens is 1. The van der Waals surface area contributed by atoms with Crippen LogP contribution in [-0.4, -0.2) is 29.4 Å². The van der Waals surface area contributed by atoms with Crippen molar-refractivity contribution in [2.24, 2.45) is 5.73 Å². The summed E-state index contributed by atoms with van der Waals surface area (Å²) in [6.07, 6.45) is -0.222. The molecule has 0 radical (unpaired) electrons. The van der Waals surface area contributed by atoms with Crippen LogP contribution in [-0.2, 0) is 4.79 Å². The number of benzene rings is 3. The highest BCUT2D eigenvalue weighted by molar-refractivity contribution is 6.33. The minimum absolute atomic E-state index is 0.238. The molecular formula is C26H20ClN3O3. The normalized spacial score (nSPS) is 15.7. The second-order valence-corrected chi connectivity index (χ2v) is 8.21. The van der Waals surface area contributed by atoms with E-state index in [0.29, 0.717) is 29.6 Å². The molecule has 0 bridgehead atoms. The van der Waals surface area contributed by atoms with Crippen LogP contribution in [0.2, 0.25) is 5.02 Å². The molecule has 0 spiro atoms. The van der Waals surface area contributed by atoms with E-state index in [4.69, 9.17) is 22.1 Å². The maximum Gasteiger partial charge on any atom is 0.268 e. The van der Waals surface area contributed by atoms with Crippen LogP contribution < -0.4 is 15.4 Å². The van der Waals surface area contributed by atoms with Gasteiger partial charge < -0.3 is 15.4 Å². The van der Waals surface area contributed by atoms with Gasteiger partial charge in [0, 0.05) is 35.0 Å². The van der Waals surface area contributed by atoms with Crippen LogP contribution in [0.1, 0.15) is 16.8 Å². The lowest BCUT2D eigenvalue weighted by Gasteiger charge is -2.20. The summed E-state index contributed by atoms with van der Waals surface area (Å²) < 4.78 is 5.92. The van der Waals surface area contributed by atoms with Gasteiger partial charge in [-0.1, -0.05) is 54.1 Å². The molecule has 0 aliphatic carbocycles. The predicted molar refractivity (Wildman–Crippen MR) is 129 cm³/mol. The van der Waals surface area contributed by atoms with E-state index in [0.717, 1.165) is 22.0 Å². The number of ether oxygens (including phenoxy) is 1. The fourth-order valence-electron chi connectivity index (χ4n) is 4.09. The lowest BCUT2D eigenvalue weighted by Crippen LogP contribution is -2.33.